The molecule has 1 aliphatic rings. The zero-order valence-corrected chi connectivity index (χ0v) is 7.50. The van der Waals surface area contributed by atoms with Crippen LogP contribution in [0.1, 0.15) is 26.7 Å². The summed E-state index contributed by atoms with van der Waals surface area (Å²) in [6, 6.07) is 0. The first-order valence-corrected chi connectivity index (χ1v) is 4.18. The number of hydrogen-bond acceptors (Lipinski definition) is 3. The average molecular weight is 170 g/mol. The van der Waals surface area contributed by atoms with Gasteiger partial charge in [0.15, 0.2) is 12.1 Å². The molecular weight excluding hydrogens is 156 g/mol. The average Bonchev–Trinajstić information content (AvgIpc) is 2.01. The monoisotopic (exact) mass is 170 g/mol. The summed E-state index contributed by atoms with van der Waals surface area (Å²) in [5.41, 5.74) is -0.248. The highest BCUT2D eigenvalue weighted by molar-refractivity contribution is 6.25. The van der Waals surface area contributed by atoms with Gasteiger partial charge < -0.3 is 4.74 Å². The third-order valence-corrected chi connectivity index (χ3v) is 2.22. The highest BCUT2D eigenvalue weighted by Gasteiger charge is 2.32. The van der Waals surface area contributed by atoms with Gasteiger partial charge in [0.05, 0.1) is 5.60 Å². The second-order valence-electron chi connectivity index (χ2n) is 3.82. The molecule has 0 bridgehead atoms. The van der Waals surface area contributed by atoms with Crippen LogP contribution in [0.4, 0.5) is 0 Å². The van der Waals surface area contributed by atoms with Gasteiger partial charge in [-0.05, 0) is 26.7 Å². The molecule has 0 aliphatic carbocycles. The molecule has 1 unspecified atom stereocenters. The third kappa shape index (κ3) is 2.14. The first-order valence-electron chi connectivity index (χ1n) is 4.18. The summed E-state index contributed by atoms with van der Waals surface area (Å²) in [5, 5.41) is 0. The molecule has 12 heavy (non-hydrogen) atoms. The van der Waals surface area contributed by atoms with Gasteiger partial charge in [0.2, 0.25) is 0 Å². The van der Waals surface area contributed by atoms with Gasteiger partial charge in [-0.2, -0.15) is 0 Å². The Balaban J connectivity index is 2.57. The van der Waals surface area contributed by atoms with Gasteiger partial charge in [-0.3, -0.25) is 9.59 Å². The molecular formula is C9H14O3. The largest absolute Gasteiger partial charge is 0.376 e. The summed E-state index contributed by atoms with van der Waals surface area (Å²) < 4.78 is 5.42. The summed E-state index contributed by atoms with van der Waals surface area (Å²) in [7, 11) is 0. The van der Waals surface area contributed by atoms with E-state index in [1.54, 1.807) is 0 Å². The van der Waals surface area contributed by atoms with Gasteiger partial charge in [-0.15, -0.1) is 0 Å². The van der Waals surface area contributed by atoms with Gasteiger partial charge in [0.1, 0.15) is 0 Å². The number of carbonyl (C=O) groups is 2. The SMILES string of the molecule is CC1(C)CC(C(=O)C=O)CCO1. The number of carbonyl (C=O) groups excluding carboxylic acids is 2. The van der Waals surface area contributed by atoms with Crippen LogP contribution in [0.2, 0.25) is 0 Å². The van der Waals surface area contributed by atoms with E-state index in [-0.39, 0.29) is 17.3 Å². The van der Waals surface area contributed by atoms with Crippen LogP contribution in [0.5, 0.6) is 0 Å². The molecule has 0 aromatic rings. The quantitative estimate of drug-likeness (QED) is 0.458. The summed E-state index contributed by atoms with van der Waals surface area (Å²) >= 11 is 0. The van der Waals surface area contributed by atoms with E-state index in [0.717, 1.165) is 0 Å². The fourth-order valence-corrected chi connectivity index (χ4v) is 1.57. The van der Waals surface area contributed by atoms with E-state index >= 15 is 0 Å². The van der Waals surface area contributed by atoms with Crippen molar-refractivity contribution in [1.82, 2.24) is 0 Å². The molecule has 3 heteroatoms. The predicted octanol–water partition coefficient (Wildman–Crippen LogP) is 0.960. The fourth-order valence-electron chi connectivity index (χ4n) is 1.57. The van der Waals surface area contributed by atoms with E-state index in [0.29, 0.717) is 25.7 Å². The lowest BCUT2D eigenvalue weighted by atomic mass is 9.86. The lowest BCUT2D eigenvalue weighted by Gasteiger charge is -2.33. The molecule has 1 heterocycles. The van der Waals surface area contributed by atoms with Crippen LogP contribution >= 0.6 is 0 Å². The molecule has 0 amide bonds. The van der Waals surface area contributed by atoms with Crippen molar-refractivity contribution < 1.29 is 14.3 Å². The first kappa shape index (κ1) is 9.39. The minimum absolute atomic E-state index is 0.119. The Hall–Kier alpha value is -0.700. The molecule has 0 radical (unpaired) electrons. The number of Topliss-reactive ketones (excluding diaryl/α,β-unsaturated/α-hetero) is 1. The second-order valence-corrected chi connectivity index (χ2v) is 3.82. The lowest BCUT2D eigenvalue weighted by molar-refractivity contribution is -0.139. The van der Waals surface area contributed by atoms with Crippen molar-refractivity contribution in [3.63, 3.8) is 0 Å². The summed E-state index contributed by atoms with van der Waals surface area (Å²) in [6.07, 6.45) is 1.76. The molecule has 1 fully saturated rings. The molecule has 1 saturated heterocycles. The maximum Gasteiger partial charge on any atom is 0.198 e. The predicted molar refractivity (Wildman–Crippen MR) is 43.8 cm³/mol. The summed E-state index contributed by atoms with van der Waals surface area (Å²) in [6.45, 7) is 4.46. The van der Waals surface area contributed by atoms with E-state index in [9.17, 15) is 9.59 Å². The third-order valence-electron chi connectivity index (χ3n) is 2.22. The van der Waals surface area contributed by atoms with Crippen molar-refractivity contribution >= 4 is 12.1 Å². The van der Waals surface area contributed by atoms with E-state index in [2.05, 4.69) is 0 Å². The summed E-state index contributed by atoms with van der Waals surface area (Å²) in [5.74, 6) is -0.405. The Labute approximate surface area is 72.1 Å². The van der Waals surface area contributed by atoms with Crippen molar-refractivity contribution in [2.24, 2.45) is 5.92 Å². The van der Waals surface area contributed by atoms with Crippen molar-refractivity contribution in [3.8, 4) is 0 Å². The molecule has 3 nitrogen and oxygen atoms in total. The second kappa shape index (κ2) is 3.35. The fraction of sp³-hybridized carbons (Fsp3) is 0.778. The van der Waals surface area contributed by atoms with Gasteiger partial charge >= 0.3 is 0 Å². The van der Waals surface area contributed by atoms with Crippen LogP contribution in [0.25, 0.3) is 0 Å². The number of rotatable bonds is 2. The highest BCUT2D eigenvalue weighted by Crippen LogP contribution is 2.28. The Kier molecular flexibility index (Phi) is 2.62. The van der Waals surface area contributed by atoms with E-state index < -0.39 is 0 Å². The Morgan fingerprint density at radius 1 is 1.58 bits per heavy atom. The topological polar surface area (TPSA) is 43.4 Å². The Morgan fingerprint density at radius 3 is 2.75 bits per heavy atom. The molecule has 1 rings (SSSR count). The van der Waals surface area contributed by atoms with Crippen LogP contribution in [0.15, 0.2) is 0 Å². The van der Waals surface area contributed by atoms with Gasteiger partial charge in [0, 0.05) is 12.5 Å². The van der Waals surface area contributed by atoms with Crippen LogP contribution in [-0.2, 0) is 14.3 Å². The van der Waals surface area contributed by atoms with Crippen LogP contribution in [0, 0.1) is 5.92 Å². The first-order chi connectivity index (χ1) is 5.55. The van der Waals surface area contributed by atoms with Crippen molar-refractivity contribution in [3.05, 3.63) is 0 Å². The smallest absolute Gasteiger partial charge is 0.198 e. The number of aldehydes is 1. The molecule has 1 aliphatic heterocycles. The molecule has 0 N–H and O–H groups in total. The van der Waals surface area contributed by atoms with Crippen molar-refractivity contribution in [1.29, 1.82) is 0 Å². The zero-order valence-electron chi connectivity index (χ0n) is 7.50. The molecule has 0 aromatic carbocycles. The number of hydrogen-bond donors (Lipinski definition) is 0. The molecule has 0 spiro atoms. The van der Waals surface area contributed by atoms with Crippen LogP contribution in [-0.4, -0.2) is 24.3 Å². The molecule has 1 atom stereocenters. The zero-order chi connectivity index (χ0) is 9.19. The van der Waals surface area contributed by atoms with E-state index in [1.807, 2.05) is 13.8 Å². The van der Waals surface area contributed by atoms with Gasteiger partial charge in [-0.1, -0.05) is 0 Å². The Bertz CT molecular complexity index is 196. The normalized spacial score (nSPS) is 28.0. The maximum atomic E-state index is 11.0. The number of ketones is 1. The lowest BCUT2D eigenvalue weighted by Crippen LogP contribution is -2.37. The number of ether oxygens (including phenoxy) is 1. The Morgan fingerprint density at radius 2 is 2.25 bits per heavy atom. The highest BCUT2D eigenvalue weighted by atomic mass is 16.5. The maximum absolute atomic E-state index is 11.0. The van der Waals surface area contributed by atoms with E-state index in [1.165, 1.54) is 0 Å². The van der Waals surface area contributed by atoms with Crippen molar-refractivity contribution in [2.45, 2.75) is 32.3 Å². The van der Waals surface area contributed by atoms with E-state index in [4.69, 9.17) is 4.74 Å². The van der Waals surface area contributed by atoms with Crippen molar-refractivity contribution in [2.75, 3.05) is 6.61 Å². The van der Waals surface area contributed by atoms with Crippen LogP contribution in [0.3, 0.4) is 0 Å². The molecule has 0 aromatic heterocycles. The molecule has 0 saturated carbocycles. The minimum atomic E-state index is -0.286. The minimum Gasteiger partial charge on any atom is -0.376 e. The van der Waals surface area contributed by atoms with Crippen LogP contribution < -0.4 is 0 Å². The molecule has 68 valence electrons. The van der Waals surface area contributed by atoms with Gasteiger partial charge in [-0.25, -0.2) is 0 Å². The standard InChI is InChI=1S/C9H14O3/c1-9(2)5-7(3-4-12-9)8(11)6-10/h6-7H,3-5H2,1-2H3. The summed E-state index contributed by atoms with van der Waals surface area (Å²) in [4.78, 5) is 21.3. The van der Waals surface area contributed by atoms with Gasteiger partial charge in [0.25, 0.3) is 0 Å².